The van der Waals surface area contributed by atoms with Gasteiger partial charge < -0.3 is 0 Å². The van der Waals surface area contributed by atoms with Crippen molar-refractivity contribution in [2.24, 2.45) is 5.73 Å². The lowest BCUT2D eigenvalue weighted by atomic mass is 10.2. The lowest BCUT2D eigenvalue weighted by molar-refractivity contribution is -0.163. The highest BCUT2D eigenvalue weighted by molar-refractivity contribution is 5.89. The molecule has 0 amide bonds. The molecule has 1 atom stereocenters. The van der Waals surface area contributed by atoms with Crippen LogP contribution in [0.4, 0.5) is 0 Å². The minimum absolute atomic E-state index is 0.0239. The van der Waals surface area contributed by atoms with Crippen molar-refractivity contribution < 1.29 is 5.21 Å². The van der Waals surface area contributed by atoms with Crippen LogP contribution < -0.4 is 5.73 Å². The maximum absolute atomic E-state index is 9.51. The quantitative estimate of drug-likeness (QED) is 0.574. The highest BCUT2D eigenvalue weighted by Gasteiger charge is 2.28. The molecule has 1 saturated heterocycles. The molecular weight excluding hydrogens is 194 g/mol. The zero-order valence-corrected chi connectivity index (χ0v) is 8.63. The zero-order chi connectivity index (χ0) is 10.8. The molecule has 2 aliphatic rings. The predicted molar refractivity (Wildman–Crippen MR) is 55.7 cm³/mol. The number of nitrogens with two attached hydrogens (primary N) is 1. The number of hydrogen-bond acceptors (Lipinski definition) is 5. The van der Waals surface area contributed by atoms with Gasteiger partial charge in [-0.2, -0.15) is 0 Å². The molecule has 0 bridgehead atoms. The first kappa shape index (κ1) is 10.4. The van der Waals surface area contributed by atoms with Gasteiger partial charge in [0.2, 0.25) is 0 Å². The molecule has 0 saturated carbocycles. The second-order valence-corrected chi connectivity index (χ2v) is 3.85. The first-order chi connectivity index (χ1) is 7.20. The van der Waals surface area contributed by atoms with Crippen molar-refractivity contribution >= 4 is 5.84 Å². The highest BCUT2D eigenvalue weighted by atomic mass is 16.5. The number of hydrazine groups is 1. The second-order valence-electron chi connectivity index (χ2n) is 3.85. The summed E-state index contributed by atoms with van der Waals surface area (Å²) in [5.41, 5.74) is 5.81. The minimum atomic E-state index is -0.680. The van der Waals surface area contributed by atoms with Crippen LogP contribution in [0.15, 0.2) is 12.3 Å². The Kier molecular flexibility index (Phi) is 2.90. The summed E-state index contributed by atoms with van der Waals surface area (Å²) in [6, 6.07) is 0. The number of hydroxylamine groups is 2. The molecule has 0 radical (unpaired) electrons. The third-order valence-electron chi connectivity index (χ3n) is 2.81. The summed E-state index contributed by atoms with van der Waals surface area (Å²) in [7, 11) is 0. The summed E-state index contributed by atoms with van der Waals surface area (Å²) in [6.07, 6.45) is 6.17. The van der Waals surface area contributed by atoms with Gasteiger partial charge in [0.05, 0.1) is 0 Å². The Labute approximate surface area is 89.0 Å². The van der Waals surface area contributed by atoms with Gasteiger partial charge in [0.25, 0.3) is 0 Å². The van der Waals surface area contributed by atoms with Crippen LogP contribution in [0.25, 0.3) is 0 Å². The lowest BCUT2D eigenvalue weighted by Gasteiger charge is -2.44. The van der Waals surface area contributed by atoms with Crippen molar-refractivity contribution in [2.45, 2.75) is 25.6 Å². The highest BCUT2D eigenvalue weighted by Crippen LogP contribution is 2.16. The Bertz CT molecular complexity index is 274. The van der Waals surface area contributed by atoms with Gasteiger partial charge in [-0.3, -0.25) is 21.4 Å². The fraction of sp³-hybridized carbons (Fsp3) is 0.667. The molecule has 2 heterocycles. The van der Waals surface area contributed by atoms with Crippen molar-refractivity contribution in [1.82, 2.24) is 15.1 Å². The van der Waals surface area contributed by atoms with Crippen molar-refractivity contribution in [3.05, 3.63) is 12.3 Å². The molecule has 84 valence electrons. The Morgan fingerprint density at radius 3 is 2.67 bits per heavy atom. The molecule has 0 aromatic carbocycles. The number of hydrogen-bond donors (Lipinski definition) is 3. The van der Waals surface area contributed by atoms with E-state index in [2.05, 4.69) is 5.01 Å². The van der Waals surface area contributed by atoms with Gasteiger partial charge in [-0.15, -0.1) is 0 Å². The average Bonchev–Trinajstić information content (AvgIpc) is 2.27. The van der Waals surface area contributed by atoms with Crippen LogP contribution in [0.3, 0.4) is 0 Å². The molecule has 4 N–H and O–H groups in total. The van der Waals surface area contributed by atoms with Crippen LogP contribution in [-0.4, -0.2) is 45.5 Å². The van der Waals surface area contributed by atoms with Crippen molar-refractivity contribution in [1.29, 1.82) is 5.41 Å². The van der Waals surface area contributed by atoms with E-state index in [9.17, 15) is 5.21 Å². The third-order valence-corrected chi connectivity index (χ3v) is 2.81. The van der Waals surface area contributed by atoms with Crippen LogP contribution in [0.2, 0.25) is 0 Å². The molecule has 1 fully saturated rings. The van der Waals surface area contributed by atoms with Gasteiger partial charge in [0.1, 0.15) is 5.84 Å². The molecule has 1 unspecified atom stereocenters. The maximum Gasteiger partial charge on any atom is 0.194 e. The van der Waals surface area contributed by atoms with E-state index in [4.69, 9.17) is 11.1 Å². The van der Waals surface area contributed by atoms with Gasteiger partial charge in [-0.1, -0.05) is 6.42 Å². The van der Waals surface area contributed by atoms with Crippen molar-refractivity contribution in [3.63, 3.8) is 0 Å². The zero-order valence-electron chi connectivity index (χ0n) is 8.63. The second kappa shape index (κ2) is 4.18. The standard InChI is InChI=1S/C9H17N5O/c10-8-4-7-13(9(11)14(8)15)12-5-2-1-3-6-12/h4,7,9-10,15H,1-3,5-6,11H2. The Morgan fingerprint density at radius 1 is 1.33 bits per heavy atom. The van der Waals surface area contributed by atoms with Crippen molar-refractivity contribution in [3.8, 4) is 0 Å². The summed E-state index contributed by atoms with van der Waals surface area (Å²) < 4.78 is 0. The van der Waals surface area contributed by atoms with Crippen LogP contribution in [0.1, 0.15) is 19.3 Å². The van der Waals surface area contributed by atoms with Gasteiger partial charge in [-0.25, -0.2) is 10.1 Å². The Balaban J connectivity index is 2.08. The molecule has 0 aromatic rings. The van der Waals surface area contributed by atoms with Crippen molar-refractivity contribution in [2.75, 3.05) is 13.1 Å². The molecule has 6 nitrogen and oxygen atoms in total. The summed E-state index contributed by atoms with van der Waals surface area (Å²) >= 11 is 0. The van der Waals surface area contributed by atoms with Crippen LogP contribution in [0, 0.1) is 5.41 Å². The fourth-order valence-corrected chi connectivity index (χ4v) is 1.94. The average molecular weight is 211 g/mol. The summed E-state index contributed by atoms with van der Waals surface area (Å²) in [4.78, 5) is 0. The van der Waals surface area contributed by atoms with Crippen LogP contribution >= 0.6 is 0 Å². The van der Waals surface area contributed by atoms with E-state index in [0.29, 0.717) is 0 Å². The fourth-order valence-electron chi connectivity index (χ4n) is 1.94. The molecule has 0 spiro atoms. The lowest BCUT2D eigenvalue weighted by Crippen LogP contribution is -2.61. The molecular formula is C9H17N5O. The van der Waals surface area contributed by atoms with Gasteiger partial charge >= 0.3 is 0 Å². The first-order valence-electron chi connectivity index (χ1n) is 5.24. The van der Waals surface area contributed by atoms with E-state index in [0.717, 1.165) is 31.0 Å². The van der Waals surface area contributed by atoms with Gasteiger partial charge in [-0.05, 0) is 18.9 Å². The number of nitrogens with zero attached hydrogens (tertiary/aromatic N) is 3. The molecule has 0 aromatic heterocycles. The number of nitrogens with one attached hydrogen (secondary N) is 1. The SMILES string of the molecule is N=C1C=CN(N2CCCCC2)C(N)N1O. The summed E-state index contributed by atoms with van der Waals surface area (Å²) in [5, 5.41) is 21.6. The van der Waals surface area contributed by atoms with Crippen LogP contribution in [-0.2, 0) is 0 Å². The monoisotopic (exact) mass is 211 g/mol. The molecule has 0 aliphatic carbocycles. The minimum Gasteiger partial charge on any atom is -0.291 e. The van der Waals surface area contributed by atoms with E-state index >= 15 is 0 Å². The number of piperidine rings is 1. The van der Waals surface area contributed by atoms with Crippen LogP contribution in [0.5, 0.6) is 0 Å². The molecule has 15 heavy (non-hydrogen) atoms. The number of rotatable bonds is 1. The summed E-state index contributed by atoms with van der Waals surface area (Å²) in [5.74, 6) is 0.0239. The summed E-state index contributed by atoms with van der Waals surface area (Å²) in [6.45, 7) is 1.92. The molecule has 2 aliphatic heterocycles. The van der Waals surface area contributed by atoms with E-state index < -0.39 is 6.29 Å². The largest absolute Gasteiger partial charge is 0.291 e. The maximum atomic E-state index is 9.51. The predicted octanol–water partition coefficient (Wildman–Crippen LogP) is 0.127. The Hall–Kier alpha value is -1.11. The van der Waals surface area contributed by atoms with E-state index in [-0.39, 0.29) is 5.84 Å². The van der Waals surface area contributed by atoms with E-state index in [1.807, 2.05) is 0 Å². The Morgan fingerprint density at radius 2 is 2.00 bits per heavy atom. The molecule has 2 rings (SSSR count). The van der Waals surface area contributed by atoms with Gasteiger partial charge in [0.15, 0.2) is 6.29 Å². The van der Waals surface area contributed by atoms with Gasteiger partial charge in [0, 0.05) is 19.3 Å². The number of amidine groups is 1. The third kappa shape index (κ3) is 1.97. The topological polar surface area (TPSA) is 79.8 Å². The first-order valence-corrected chi connectivity index (χ1v) is 5.24. The smallest absolute Gasteiger partial charge is 0.194 e. The normalized spacial score (nSPS) is 28.7. The van der Waals surface area contributed by atoms with E-state index in [1.54, 1.807) is 11.2 Å². The van der Waals surface area contributed by atoms with E-state index in [1.165, 1.54) is 12.5 Å². The molecule has 6 heteroatoms.